The predicted molar refractivity (Wildman–Crippen MR) is 61.8 cm³/mol. The van der Waals surface area contributed by atoms with Crippen molar-refractivity contribution in [2.24, 2.45) is 0 Å². The van der Waals surface area contributed by atoms with E-state index < -0.39 is 0 Å². The maximum atomic E-state index is 11.6. The normalized spacial score (nSPS) is 23.9. The van der Waals surface area contributed by atoms with Crippen molar-refractivity contribution in [1.82, 2.24) is 10.2 Å². The summed E-state index contributed by atoms with van der Waals surface area (Å²) in [4.78, 5) is 24.6. The summed E-state index contributed by atoms with van der Waals surface area (Å²) in [6.07, 6.45) is 2.99. The van der Waals surface area contributed by atoms with Gasteiger partial charge in [0.05, 0.1) is 6.54 Å². The van der Waals surface area contributed by atoms with Gasteiger partial charge < -0.3 is 10.2 Å². The monoisotopic (exact) mass is 230 g/mol. The highest BCUT2D eigenvalue weighted by atomic mass is 32.2. The third-order valence-electron chi connectivity index (χ3n) is 2.76. The maximum absolute atomic E-state index is 11.6. The molecule has 0 saturated carbocycles. The number of nitrogens with one attached hydrogen (secondary N) is 1. The van der Waals surface area contributed by atoms with Gasteiger partial charge in [0.15, 0.2) is 0 Å². The Hall–Kier alpha value is -0.710. The molecule has 0 aromatic heterocycles. The van der Waals surface area contributed by atoms with E-state index in [0.717, 1.165) is 6.42 Å². The van der Waals surface area contributed by atoms with Crippen molar-refractivity contribution in [1.29, 1.82) is 0 Å². The van der Waals surface area contributed by atoms with Crippen LogP contribution in [0.15, 0.2) is 0 Å². The second-order valence-electron chi connectivity index (χ2n) is 3.82. The molecular formula is C10H18N2O2S. The summed E-state index contributed by atoms with van der Waals surface area (Å²) >= 11 is 1.78. The molecule has 1 aliphatic heterocycles. The first-order valence-electron chi connectivity index (χ1n) is 5.16. The lowest BCUT2D eigenvalue weighted by Gasteiger charge is -2.33. The minimum absolute atomic E-state index is 0.0235. The zero-order chi connectivity index (χ0) is 11.4. The lowest BCUT2D eigenvalue weighted by molar-refractivity contribution is -0.144. The van der Waals surface area contributed by atoms with Crippen LogP contribution < -0.4 is 5.32 Å². The predicted octanol–water partition coefficient (Wildman–Crippen LogP) is 0.475. The largest absolute Gasteiger partial charge is 0.345 e. The first-order chi connectivity index (χ1) is 7.06. The molecule has 1 rings (SSSR count). The van der Waals surface area contributed by atoms with E-state index in [0.29, 0.717) is 11.8 Å². The van der Waals surface area contributed by atoms with Crippen molar-refractivity contribution in [2.75, 3.05) is 19.3 Å². The summed E-state index contributed by atoms with van der Waals surface area (Å²) in [7, 11) is 0. The lowest BCUT2D eigenvalue weighted by Crippen LogP contribution is -2.57. The Morgan fingerprint density at radius 2 is 2.27 bits per heavy atom. The zero-order valence-corrected chi connectivity index (χ0v) is 10.3. The van der Waals surface area contributed by atoms with Gasteiger partial charge in [0.25, 0.3) is 0 Å². The van der Waals surface area contributed by atoms with Gasteiger partial charge in [-0.15, -0.1) is 0 Å². The highest BCUT2D eigenvalue weighted by Gasteiger charge is 2.30. The van der Waals surface area contributed by atoms with Crippen molar-refractivity contribution in [3.05, 3.63) is 0 Å². The van der Waals surface area contributed by atoms with Gasteiger partial charge in [-0.3, -0.25) is 9.59 Å². The molecule has 1 heterocycles. The Bertz CT molecular complexity index is 258. The summed E-state index contributed by atoms with van der Waals surface area (Å²) < 4.78 is 0. The average Bonchev–Trinajstić information content (AvgIpc) is 2.23. The zero-order valence-electron chi connectivity index (χ0n) is 9.45. The number of piperazine rings is 1. The average molecular weight is 230 g/mol. The van der Waals surface area contributed by atoms with Gasteiger partial charge in [-0.25, -0.2) is 0 Å². The molecule has 2 unspecified atom stereocenters. The molecule has 0 radical (unpaired) electrons. The Kier molecular flexibility index (Phi) is 4.45. The van der Waals surface area contributed by atoms with Crippen LogP contribution in [0.3, 0.4) is 0 Å². The second-order valence-corrected chi connectivity index (χ2v) is 5.09. The summed E-state index contributed by atoms with van der Waals surface area (Å²) in [5, 5.41) is 3.10. The number of carbonyl (C=O) groups excluding carboxylic acids is 2. The number of hydrogen-bond acceptors (Lipinski definition) is 3. The highest BCUT2D eigenvalue weighted by Crippen LogP contribution is 2.13. The van der Waals surface area contributed by atoms with E-state index in [2.05, 4.69) is 18.5 Å². The van der Waals surface area contributed by atoms with Crippen molar-refractivity contribution in [2.45, 2.75) is 31.6 Å². The standard InChI is InChI=1S/C10H18N2O2S/c1-7(15-3)4-5-12-8(2)10(14)11-6-9(12)13/h7-8H,4-6H2,1-3H3,(H,11,14). The molecule has 0 spiro atoms. The molecule has 86 valence electrons. The number of hydrogen-bond donors (Lipinski definition) is 1. The number of thioether (sulfide) groups is 1. The number of carbonyl (C=O) groups is 2. The van der Waals surface area contributed by atoms with Crippen molar-refractivity contribution in [3.8, 4) is 0 Å². The van der Waals surface area contributed by atoms with E-state index in [1.807, 2.05) is 0 Å². The number of rotatable bonds is 4. The van der Waals surface area contributed by atoms with E-state index in [-0.39, 0.29) is 24.4 Å². The van der Waals surface area contributed by atoms with E-state index >= 15 is 0 Å². The van der Waals surface area contributed by atoms with Crippen LogP contribution >= 0.6 is 11.8 Å². The number of amides is 2. The molecule has 1 aliphatic rings. The maximum Gasteiger partial charge on any atom is 0.242 e. The van der Waals surface area contributed by atoms with Crippen molar-refractivity contribution >= 4 is 23.6 Å². The van der Waals surface area contributed by atoms with Crippen LogP contribution in [0.2, 0.25) is 0 Å². The smallest absolute Gasteiger partial charge is 0.242 e. The van der Waals surface area contributed by atoms with Gasteiger partial charge in [0.1, 0.15) is 6.04 Å². The van der Waals surface area contributed by atoms with Gasteiger partial charge in [-0.1, -0.05) is 6.92 Å². The minimum atomic E-state index is -0.319. The molecule has 1 fully saturated rings. The topological polar surface area (TPSA) is 49.4 Å². The lowest BCUT2D eigenvalue weighted by atomic mass is 10.2. The first kappa shape index (κ1) is 12.4. The van der Waals surface area contributed by atoms with E-state index in [9.17, 15) is 9.59 Å². The molecule has 15 heavy (non-hydrogen) atoms. The first-order valence-corrected chi connectivity index (χ1v) is 6.45. The Labute approximate surface area is 94.8 Å². The Morgan fingerprint density at radius 3 is 2.87 bits per heavy atom. The van der Waals surface area contributed by atoms with Crippen LogP contribution in [0, 0.1) is 0 Å². The van der Waals surface area contributed by atoms with Gasteiger partial charge in [0.2, 0.25) is 11.8 Å². The molecule has 1 saturated heterocycles. The summed E-state index contributed by atoms with van der Waals surface area (Å²) in [6.45, 7) is 4.73. The molecule has 0 aromatic rings. The molecule has 0 bridgehead atoms. The van der Waals surface area contributed by atoms with Crippen LogP contribution in [-0.2, 0) is 9.59 Å². The van der Waals surface area contributed by atoms with Crippen LogP contribution in [0.4, 0.5) is 0 Å². The number of nitrogens with zero attached hydrogens (tertiary/aromatic N) is 1. The molecule has 2 amide bonds. The van der Waals surface area contributed by atoms with Gasteiger partial charge in [-0.05, 0) is 19.6 Å². The minimum Gasteiger partial charge on any atom is -0.345 e. The molecule has 5 heteroatoms. The Morgan fingerprint density at radius 1 is 1.60 bits per heavy atom. The fraction of sp³-hybridized carbons (Fsp3) is 0.800. The van der Waals surface area contributed by atoms with Gasteiger partial charge in [-0.2, -0.15) is 11.8 Å². The van der Waals surface area contributed by atoms with Crippen LogP contribution in [-0.4, -0.2) is 47.4 Å². The van der Waals surface area contributed by atoms with E-state index in [1.165, 1.54) is 0 Å². The van der Waals surface area contributed by atoms with E-state index in [1.54, 1.807) is 23.6 Å². The van der Waals surface area contributed by atoms with Crippen LogP contribution in [0.5, 0.6) is 0 Å². The summed E-state index contributed by atoms with van der Waals surface area (Å²) in [5.74, 6) is -0.0261. The van der Waals surface area contributed by atoms with Crippen molar-refractivity contribution in [3.63, 3.8) is 0 Å². The molecule has 0 aliphatic carbocycles. The fourth-order valence-electron chi connectivity index (χ4n) is 1.53. The fourth-order valence-corrected chi connectivity index (χ4v) is 1.87. The molecule has 0 aromatic carbocycles. The van der Waals surface area contributed by atoms with Crippen LogP contribution in [0.1, 0.15) is 20.3 Å². The highest BCUT2D eigenvalue weighted by molar-refractivity contribution is 7.99. The Balaban J connectivity index is 2.50. The van der Waals surface area contributed by atoms with Crippen molar-refractivity contribution < 1.29 is 9.59 Å². The third kappa shape index (κ3) is 3.12. The SMILES string of the molecule is CSC(C)CCN1C(=O)CNC(=O)C1C. The van der Waals surface area contributed by atoms with Gasteiger partial charge >= 0.3 is 0 Å². The molecule has 1 N–H and O–H groups in total. The third-order valence-corrected chi connectivity index (χ3v) is 3.80. The molecule has 2 atom stereocenters. The quantitative estimate of drug-likeness (QED) is 0.764. The van der Waals surface area contributed by atoms with Crippen LogP contribution in [0.25, 0.3) is 0 Å². The summed E-state index contributed by atoms with van der Waals surface area (Å²) in [5.41, 5.74) is 0. The van der Waals surface area contributed by atoms with E-state index in [4.69, 9.17) is 0 Å². The summed E-state index contributed by atoms with van der Waals surface area (Å²) in [6, 6.07) is -0.319. The van der Waals surface area contributed by atoms with Gasteiger partial charge in [0, 0.05) is 11.8 Å². The molecule has 4 nitrogen and oxygen atoms in total. The second kappa shape index (κ2) is 5.39. The molecular weight excluding hydrogens is 212 g/mol.